The highest BCUT2D eigenvalue weighted by molar-refractivity contribution is 6.30. The zero-order valence-corrected chi connectivity index (χ0v) is 14.2. The van der Waals surface area contributed by atoms with Crippen molar-refractivity contribution in [1.29, 1.82) is 0 Å². The second-order valence-electron chi connectivity index (χ2n) is 5.93. The molecule has 7 heteroatoms. The largest absolute Gasteiger partial charge is 0.348 e. The molecule has 1 aliphatic heterocycles. The van der Waals surface area contributed by atoms with Crippen molar-refractivity contribution in [3.05, 3.63) is 53.1 Å². The molecule has 1 unspecified atom stereocenters. The number of aromatic nitrogens is 2. The maximum Gasteiger partial charge on any atom is 0.289 e. The third-order valence-electron chi connectivity index (χ3n) is 4.16. The Morgan fingerprint density at radius 1 is 1.29 bits per heavy atom. The van der Waals surface area contributed by atoms with Crippen LogP contribution in [0.3, 0.4) is 0 Å². The molecule has 0 aliphatic carbocycles. The number of piperidine rings is 1. The Hall–Kier alpha value is -2.34. The second-order valence-corrected chi connectivity index (χ2v) is 6.37. The number of hydrogen-bond acceptors (Lipinski definition) is 3. The molecule has 0 bridgehead atoms. The number of imidazole rings is 1. The molecule has 2 aromatic rings. The summed E-state index contributed by atoms with van der Waals surface area (Å²) < 4.78 is 1.71. The van der Waals surface area contributed by atoms with E-state index in [1.165, 1.54) is 0 Å². The zero-order chi connectivity index (χ0) is 17.1. The lowest BCUT2D eigenvalue weighted by Crippen LogP contribution is -2.50. The molecule has 6 nitrogen and oxygen atoms in total. The highest BCUT2D eigenvalue weighted by atomic mass is 35.5. The third kappa shape index (κ3) is 3.59. The summed E-state index contributed by atoms with van der Waals surface area (Å²) in [6.45, 7) is 1.17. The molecule has 0 saturated carbocycles. The molecule has 1 aromatic carbocycles. The van der Waals surface area contributed by atoms with Crippen molar-refractivity contribution in [2.75, 3.05) is 13.1 Å². The van der Waals surface area contributed by atoms with Crippen LogP contribution >= 0.6 is 11.6 Å². The molecule has 2 amide bonds. The van der Waals surface area contributed by atoms with Crippen LogP contribution in [0.5, 0.6) is 0 Å². The summed E-state index contributed by atoms with van der Waals surface area (Å²) in [5.41, 5.74) is 0.562. The standard InChI is InChI=1S/C17H19ClN4O2/c1-21-10-8-19-15(21)17(24)22-9-2-3-14(11-22)20-16(23)12-4-6-13(18)7-5-12/h4-8,10,14H,2-3,9,11H2,1H3,(H,20,23). The topological polar surface area (TPSA) is 67.2 Å². The van der Waals surface area contributed by atoms with E-state index in [9.17, 15) is 9.59 Å². The fraction of sp³-hybridized carbons (Fsp3) is 0.353. The van der Waals surface area contributed by atoms with Crippen molar-refractivity contribution < 1.29 is 9.59 Å². The summed E-state index contributed by atoms with van der Waals surface area (Å²) in [4.78, 5) is 30.7. The van der Waals surface area contributed by atoms with Crippen molar-refractivity contribution in [2.45, 2.75) is 18.9 Å². The number of benzene rings is 1. The van der Waals surface area contributed by atoms with E-state index in [2.05, 4.69) is 10.3 Å². The molecule has 1 saturated heterocycles. The van der Waals surface area contributed by atoms with Crippen LogP contribution in [0.4, 0.5) is 0 Å². The number of hydrogen-bond donors (Lipinski definition) is 1. The van der Waals surface area contributed by atoms with E-state index in [0.717, 1.165) is 12.8 Å². The van der Waals surface area contributed by atoms with Crippen LogP contribution in [-0.2, 0) is 7.05 Å². The maximum absolute atomic E-state index is 12.5. The minimum absolute atomic E-state index is 0.0638. The van der Waals surface area contributed by atoms with Crippen LogP contribution in [0.25, 0.3) is 0 Å². The minimum Gasteiger partial charge on any atom is -0.348 e. The molecule has 1 N–H and O–H groups in total. The van der Waals surface area contributed by atoms with Gasteiger partial charge in [-0.25, -0.2) is 4.98 Å². The second kappa shape index (κ2) is 7.05. The number of carbonyl (C=O) groups is 2. The summed E-state index contributed by atoms with van der Waals surface area (Å²) >= 11 is 5.84. The Kier molecular flexibility index (Phi) is 4.85. The minimum atomic E-state index is -0.150. The van der Waals surface area contributed by atoms with Crippen molar-refractivity contribution in [1.82, 2.24) is 19.8 Å². The van der Waals surface area contributed by atoms with Gasteiger partial charge in [-0.1, -0.05) is 11.6 Å². The van der Waals surface area contributed by atoms with Crippen molar-refractivity contribution >= 4 is 23.4 Å². The van der Waals surface area contributed by atoms with E-state index in [1.807, 2.05) is 0 Å². The van der Waals surface area contributed by atoms with Gasteiger partial charge in [0.05, 0.1) is 0 Å². The average molecular weight is 347 g/mol. The fourth-order valence-corrected chi connectivity index (χ4v) is 2.99. The van der Waals surface area contributed by atoms with Gasteiger partial charge in [0.1, 0.15) is 0 Å². The number of amides is 2. The molecule has 1 fully saturated rings. The molecule has 24 heavy (non-hydrogen) atoms. The number of aryl methyl sites for hydroxylation is 1. The van der Waals surface area contributed by atoms with Gasteiger partial charge in [0.15, 0.2) is 5.82 Å². The van der Waals surface area contributed by atoms with E-state index >= 15 is 0 Å². The van der Waals surface area contributed by atoms with Crippen LogP contribution in [0.1, 0.15) is 33.8 Å². The number of nitrogens with one attached hydrogen (secondary N) is 1. The number of carbonyl (C=O) groups excluding carboxylic acids is 2. The molecule has 1 atom stereocenters. The Morgan fingerprint density at radius 2 is 2.04 bits per heavy atom. The average Bonchev–Trinajstić information content (AvgIpc) is 3.01. The van der Waals surface area contributed by atoms with Gasteiger partial charge in [0.25, 0.3) is 11.8 Å². The molecule has 126 valence electrons. The van der Waals surface area contributed by atoms with E-state index in [0.29, 0.717) is 29.5 Å². The van der Waals surface area contributed by atoms with Crippen LogP contribution in [0.2, 0.25) is 5.02 Å². The predicted octanol–water partition coefficient (Wildman–Crippen LogP) is 2.11. The van der Waals surface area contributed by atoms with E-state index in [4.69, 9.17) is 11.6 Å². The quantitative estimate of drug-likeness (QED) is 0.925. The lowest BCUT2D eigenvalue weighted by atomic mass is 10.0. The van der Waals surface area contributed by atoms with Crippen molar-refractivity contribution in [2.24, 2.45) is 7.05 Å². The van der Waals surface area contributed by atoms with Gasteiger partial charge >= 0.3 is 0 Å². The molecule has 0 spiro atoms. The first-order valence-electron chi connectivity index (χ1n) is 7.87. The van der Waals surface area contributed by atoms with Gasteiger partial charge in [0.2, 0.25) is 0 Å². The molecule has 3 rings (SSSR count). The number of rotatable bonds is 3. The molecule has 0 radical (unpaired) electrons. The lowest BCUT2D eigenvalue weighted by molar-refractivity contribution is 0.0661. The van der Waals surface area contributed by atoms with Gasteiger partial charge in [0, 0.05) is 49.2 Å². The first-order chi connectivity index (χ1) is 11.5. The van der Waals surface area contributed by atoms with Crippen LogP contribution in [0.15, 0.2) is 36.7 Å². The highest BCUT2D eigenvalue weighted by Crippen LogP contribution is 2.15. The van der Waals surface area contributed by atoms with Gasteiger partial charge in [-0.15, -0.1) is 0 Å². The predicted molar refractivity (Wildman–Crippen MR) is 91.1 cm³/mol. The number of nitrogens with zero attached hydrogens (tertiary/aromatic N) is 3. The first-order valence-corrected chi connectivity index (χ1v) is 8.25. The fourth-order valence-electron chi connectivity index (χ4n) is 2.86. The molecule has 2 heterocycles. The smallest absolute Gasteiger partial charge is 0.289 e. The monoisotopic (exact) mass is 346 g/mol. The van der Waals surface area contributed by atoms with Crippen LogP contribution in [-0.4, -0.2) is 45.4 Å². The lowest BCUT2D eigenvalue weighted by Gasteiger charge is -2.33. The first kappa shape index (κ1) is 16.5. The van der Waals surface area contributed by atoms with Crippen molar-refractivity contribution in [3.8, 4) is 0 Å². The highest BCUT2D eigenvalue weighted by Gasteiger charge is 2.27. The summed E-state index contributed by atoms with van der Waals surface area (Å²) in [6.07, 6.45) is 5.05. The number of likely N-dealkylation sites (tertiary alicyclic amines) is 1. The SMILES string of the molecule is Cn1ccnc1C(=O)N1CCCC(NC(=O)c2ccc(Cl)cc2)C1. The van der Waals surface area contributed by atoms with Gasteiger partial charge in [-0.3, -0.25) is 9.59 Å². The summed E-state index contributed by atoms with van der Waals surface area (Å²) in [7, 11) is 1.80. The third-order valence-corrected chi connectivity index (χ3v) is 4.41. The summed E-state index contributed by atoms with van der Waals surface area (Å²) in [5.74, 6) is 0.163. The molecular formula is C17H19ClN4O2. The van der Waals surface area contributed by atoms with Gasteiger partial charge < -0.3 is 14.8 Å². The Labute approximate surface area is 145 Å². The molecule has 1 aliphatic rings. The van der Waals surface area contributed by atoms with E-state index in [-0.39, 0.29) is 17.9 Å². The van der Waals surface area contributed by atoms with Gasteiger partial charge in [-0.2, -0.15) is 0 Å². The molecule has 1 aromatic heterocycles. The Bertz CT molecular complexity index is 741. The van der Waals surface area contributed by atoms with Crippen molar-refractivity contribution in [3.63, 3.8) is 0 Å². The van der Waals surface area contributed by atoms with Gasteiger partial charge in [-0.05, 0) is 37.1 Å². The summed E-state index contributed by atoms with van der Waals surface area (Å²) in [5, 5.41) is 3.59. The summed E-state index contributed by atoms with van der Waals surface area (Å²) in [6, 6.07) is 6.70. The van der Waals surface area contributed by atoms with Crippen LogP contribution < -0.4 is 5.32 Å². The van der Waals surface area contributed by atoms with Crippen LogP contribution in [0, 0.1) is 0 Å². The Morgan fingerprint density at radius 3 is 2.71 bits per heavy atom. The molecular weight excluding hydrogens is 328 g/mol. The maximum atomic E-state index is 12.5. The van der Waals surface area contributed by atoms with E-state index in [1.54, 1.807) is 53.2 Å². The van der Waals surface area contributed by atoms with E-state index < -0.39 is 0 Å². The normalized spacial score (nSPS) is 17.6. The number of halogens is 1. The zero-order valence-electron chi connectivity index (χ0n) is 13.4. The Balaban J connectivity index is 1.63.